The molecule has 442 valence electrons. The first kappa shape index (κ1) is 58.7. The average molecular weight is 1220 g/mol. The molecule has 0 aliphatic heterocycles. The second kappa shape index (κ2) is 27.3. The van der Waals surface area contributed by atoms with Gasteiger partial charge in [0.2, 0.25) is 0 Å². The van der Waals surface area contributed by atoms with Gasteiger partial charge in [-0.25, -0.2) is 38.5 Å². The third kappa shape index (κ3) is 13.8. The molecule has 20 nitrogen and oxygen atoms in total. The van der Waals surface area contributed by atoms with E-state index in [0.29, 0.717) is 73.9 Å². The number of unbranched alkanes of at least 4 members (excludes halogenated alkanes) is 5. The zero-order chi connectivity index (χ0) is 59.6. The number of hydrogen-bond acceptors (Lipinski definition) is 16. The highest BCUT2D eigenvalue weighted by atomic mass is 32.2. The number of pyridine rings is 1. The quantitative estimate of drug-likeness (QED) is 0.0343. The van der Waals surface area contributed by atoms with Crippen LogP contribution in [0.5, 0.6) is 17.2 Å². The lowest BCUT2D eigenvalue weighted by atomic mass is 10.1. The summed E-state index contributed by atoms with van der Waals surface area (Å²) in [5, 5.41) is 20.1. The molecule has 3 atom stereocenters. The summed E-state index contributed by atoms with van der Waals surface area (Å²) in [6.45, 7) is 3.09. The molecule has 0 amide bonds. The molecule has 0 radical (unpaired) electrons. The average Bonchev–Trinajstić information content (AvgIpc) is 2.03. The molecule has 0 aliphatic carbocycles. The summed E-state index contributed by atoms with van der Waals surface area (Å²) in [7, 11) is 3.51. The van der Waals surface area contributed by atoms with Crippen molar-refractivity contribution < 1.29 is 27.9 Å². The minimum atomic E-state index is -1.37. The monoisotopic (exact) mass is 1220 g/mol. The number of benzene rings is 3. The highest BCUT2D eigenvalue weighted by Gasteiger charge is 2.24. The number of methoxy groups -OCH3 is 1. The van der Waals surface area contributed by atoms with Gasteiger partial charge in [0, 0.05) is 105 Å². The van der Waals surface area contributed by atoms with Gasteiger partial charge >= 0.3 is 0 Å². The molecular formula is C64H62N14O6S3. The SMILES string of the molecule is CCCC[S+]([O-])c1cc2nc(-c3ccc(OCCCCC[S+]([O-])c4cc5nc(-c6ccc(OCCCCC[S+]([O-])c7cc8nc(-c9ccc(OC)cc9)cc(-c9cccnc9)n8n7)cc6)cc(-c6cncnc6)n5n4)cc3)cc(-c3cnn(C)c3)n2n1. The van der Waals surface area contributed by atoms with Gasteiger partial charge in [-0.2, -0.15) is 5.10 Å². The van der Waals surface area contributed by atoms with Crippen LogP contribution in [0.1, 0.15) is 58.3 Å². The minimum Gasteiger partial charge on any atom is -0.610 e. The lowest BCUT2D eigenvalue weighted by molar-refractivity contribution is 0.306. The fourth-order valence-electron chi connectivity index (χ4n) is 9.95. The van der Waals surface area contributed by atoms with Crippen LogP contribution in [0.15, 0.2) is 180 Å². The van der Waals surface area contributed by atoms with Gasteiger partial charge in [0.25, 0.3) is 15.1 Å². The van der Waals surface area contributed by atoms with Crippen LogP contribution < -0.4 is 14.2 Å². The summed E-state index contributed by atoms with van der Waals surface area (Å²) in [6.07, 6.45) is 18.6. The minimum absolute atomic E-state index is 0.436. The van der Waals surface area contributed by atoms with Crippen molar-refractivity contribution in [2.75, 3.05) is 37.6 Å². The molecule has 23 heteroatoms. The van der Waals surface area contributed by atoms with Crippen molar-refractivity contribution in [3.8, 4) is 84.8 Å². The van der Waals surface area contributed by atoms with E-state index in [9.17, 15) is 13.7 Å². The van der Waals surface area contributed by atoms with Gasteiger partial charge in [0.05, 0.1) is 78.9 Å². The summed E-state index contributed by atoms with van der Waals surface area (Å²) < 4.78 is 65.0. The van der Waals surface area contributed by atoms with E-state index in [4.69, 9.17) is 44.5 Å². The Morgan fingerprint density at radius 1 is 0.448 bits per heavy atom. The van der Waals surface area contributed by atoms with Crippen molar-refractivity contribution in [3.05, 3.63) is 165 Å². The topological polar surface area (TPSA) is 244 Å². The maximum Gasteiger partial charge on any atom is 0.265 e. The highest BCUT2D eigenvalue weighted by Crippen LogP contribution is 2.33. The van der Waals surface area contributed by atoms with Crippen LogP contribution in [0.4, 0.5) is 0 Å². The van der Waals surface area contributed by atoms with Crippen molar-refractivity contribution in [2.45, 2.75) is 73.4 Å². The van der Waals surface area contributed by atoms with Crippen molar-refractivity contribution >= 4 is 50.5 Å². The molecule has 3 unspecified atom stereocenters. The molecule has 9 heterocycles. The summed E-state index contributed by atoms with van der Waals surface area (Å²) >= 11 is -3.93. The van der Waals surface area contributed by atoms with Crippen LogP contribution in [0, 0.1) is 0 Å². The van der Waals surface area contributed by atoms with Crippen LogP contribution in [-0.2, 0) is 40.6 Å². The summed E-state index contributed by atoms with van der Waals surface area (Å²) in [5.74, 6) is 3.67. The van der Waals surface area contributed by atoms with E-state index in [0.717, 1.165) is 125 Å². The normalized spacial score (nSPS) is 12.7. The molecule has 3 aromatic carbocycles. The Morgan fingerprint density at radius 2 is 0.885 bits per heavy atom. The van der Waals surface area contributed by atoms with Crippen LogP contribution in [0.2, 0.25) is 0 Å². The van der Waals surface area contributed by atoms with Gasteiger partial charge in [0.15, 0.2) is 16.9 Å². The third-order valence-electron chi connectivity index (χ3n) is 14.6. The predicted octanol–water partition coefficient (Wildman–Crippen LogP) is 11.4. The van der Waals surface area contributed by atoms with Crippen molar-refractivity contribution in [1.29, 1.82) is 0 Å². The standard InChI is InChI=1S/C64H62N14O6S3/c1-4-5-29-85(79)62-37-61-71-55(34-58(78(61)74-62)49-41-68-75(2)42-49)46-18-24-52(25-19-46)84-28-9-7-11-31-87(81)64-36-60-70-54(33-57(77(60)73-64)48-39-66-43-67-40-48)45-16-22-51(23-17-45)83-27-8-6-10-30-86(80)63-35-59-69-53(44-14-20-50(82-3)21-15-44)32-56(76(59)72-63)47-13-12-26-65-38-47/h12-26,32-43H,4-11,27-31H2,1-3H3. The maximum absolute atomic E-state index is 13.8. The van der Waals surface area contributed by atoms with Gasteiger partial charge in [-0.3, -0.25) is 9.67 Å². The predicted molar refractivity (Wildman–Crippen MR) is 336 cm³/mol. The molecule has 0 saturated carbocycles. The van der Waals surface area contributed by atoms with E-state index in [-0.39, 0.29) is 0 Å². The van der Waals surface area contributed by atoms with E-state index < -0.39 is 33.5 Å². The lowest BCUT2D eigenvalue weighted by Gasteiger charge is -2.10. The number of aryl methyl sites for hydroxylation is 1. The molecule has 0 spiro atoms. The zero-order valence-corrected chi connectivity index (χ0v) is 50.7. The molecule has 0 aliphatic rings. The molecule has 0 bridgehead atoms. The number of nitrogens with zero attached hydrogens (tertiary/aromatic N) is 14. The Bertz CT molecular complexity index is 4250. The van der Waals surface area contributed by atoms with Crippen LogP contribution in [0.25, 0.3) is 84.5 Å². The molecule has 12 aromatic rings. The Labute approximate surface area is 511 Å². The van der Waals surface area contributed by atoms with Crippen molar-refractivity contribution in [1.82, 2.24) is 68.5 Å². The first-order valence-electron chi connectivity index (χ1n) is 28.8. The number of hydrogen-bond donors (Lipinski definition) is 0. The van der Waals surface area contributed by atoms with E-state index >= 15 is 0 Å². The first-order chi connectivity index (χ1) is 42.6. The van der Waals surface area contributed by atoms with E-state index in [2.05, 4.69) is 27.0 Å². The molecule has 87 heavy (non-hydrogen) atoms. The molecular weight excluding hydrogens is 1160 g/mol. The fraction of sp³-hybridized carbons (Fsp3) is 0.250. The Balaban J connectivity index is 0.621. The van der Waals surface area contributed by atoms with Crippen LogP contribution in [-0.4, -0.2) is 120 Å². The number of rotatable bonds is 27. The van der Waals surface area contributed by atoms with Crippen molar-refractivity contribution in [3.63, 3.8) is 0 Å². The van der Waals surface area contributed by atoms with Crippen LogP contribution in [0.3, 0.4) is 0 Å². The third-order valence-corrected chi connectivity index (χ3v) is 18.6. The zero-order valence-electron chi connectivity index (χ0n) is 48.2. The molecule has 0 fully saturated rings. The Kier molecular flexibility index (Phi) is 18.4. The molecule has 0 saturated heterocycles. The van der Waals surface area contributed by atoms with E-state index in [1.807, 2.05) is 122 Å². The van der Waals surface area contributed by atoms with Gasteiger partial charge in [-0.1, -0.05) is 13.3 Å². The number of aromatic nitrogens is 14. The smallest absolute Gasteiger partial charge is 0.265 e. The van der Waals surface area contributed by atoms with Gasteiger partial charge in [-0.05, 0) is 148 Å². The van der Waals surface area contributed by atoms with Crippen molar-refractivity contribution in [2.24, 2.45) is 7.05 Å². The summed E-state index contributed by atoms with van der Waals surface area (Å²) in [6, 6.07) is 38.5. The highest BCUT2D eigenvalue weighted by molar-refractivity contribution is 7.91. The Morgan fingerprint density at radius 3 is 1.31 bits per heavy atom. The van der Waals surface area contributed by atoms with E-state index in [1.54, 1.807) is 68.5 Å². The second-order valence-corrected chi connectivity index (χ2v) is 25.3. The number of fused-ring (bicyclic) bond motifs is 3. The largest absolute Gasteiger partial charge is 0.610 e. The summed E-state index contributed by atoms with van der Waals surface area (Å²) in [5.41, 5.74) is 11.5. The molecule has 9 aromatic heterocycles. The Hall–Kier alpha value is -8.71. The van der Waals surface area contributed by atoms with Gasteiger partial charge in [-0.15, -0.1) is 15.3 Å². The first-order valence-corrected chi connectivity index (χ1v) is 32.7. The van der Waals surface area contributed by atoms with Gasteiger partial charge < -0.3 is 27.9 Å². The molecule has 12 rings (SSSR count). The van der Waals surface area contributed by atoms with Crippen LogP contribution >= 0.6 is 0 Å². The second-order valence-electron chi connectivity index (χ2n) is 20.7. The maximum atomic E-state index is 13.8. The number of ether oxygens (including phenoxy) is 3. The van der Waals surface area contributed by atoms with Gasteiger partial charge in [0.1, 0.15) is 40.8 Å². The summed E-state index contributed by atoms with van der Waals surface area (Å²) in [4.78, 5) is 27.6. The lowest BCUT2D eigenvalue weighted by Crippen LogP contribution is -2.09. The molecule has 0 N–H and O–H groups in total. The van der Waals surface area contributed by atoms with E-state index in [1.165, 1.54) is 6.33 Å². The fourth-order valence-corrected chi connectivity index (χ4v) is 13.3.